The lowest BCUT2D eigenvalue weighted by molar-refractivity contribution is -0.147. The molecule has 0 aromatic heterocycles. The van der Waals surface area contributed by atoms with Gasteiger partial charge in [-0.1, -0.05) is 18.2 Å². The summed E-state index contributed by atoms with van der Waals surface area (Å²) in [4.78, 5) is 22.1. The molecule has 7 nitrogen and oxygen atoms in total. The fourth-order valence-corrected chi connectivity index (χ4v) is 2.74. The van der Waals surface area contributed by atoms with Crippen molar-refractivity contribution >= 4 is 17.6 Å². The van der Waals surface area contributed by atoms with Gasteiger partial charge in [0.05, 0.1) is 0 Å². The number of para-hydroxylation sites is 1. The smallest absolute Gasteiger partial charge is 0.394 e. The molecule has 0 radical (unpaired) electrons. The topological polar surface area (TPSA) is 105 Å². The van der Waals surface area contributed by atoms with Gasteiger partial charge in [0.1, 0.15) is 17.2 Å². The Morgan fingerprint density at radius 3 is 2.14 bits per heavy atom. The Balaban J connectivity index is 1.83. The van der Waals surface area contributed by atoms with Crippen molar-refractivity contribution in [3.05, 3.63) is 71.8 Å². The number of carboxylic acid groups (broad SMARTS) is 1. The summed E-state index contributed by atoms with van der Waals surface area (Å²) in [5, 5.41) is 21.1. The first kappa shape index (κ1) is 19.8. The van der Waals surface area contributed by atoms with Gasteiger partial charge in [0.2, 0.25) is 0 Å². The number of phenols is 1. The van der Waals surface area contributed by atoms with Crippen molar-refractivity contribution in [2.24, 2.45) is 0 Å². The number of anilines is 1. The summed E-state index contributed by atoms with van der Waals surface area (Å²) in [5.74, 6) is -0.882. The second kappa shape index (κ2) is 8.35. The molecule has 148 valence electrons. The third kappa shape index (κ3) is 4.84. The molecule has 7 heteroatoms. The molecular formula is C22H19NO6. The summed E-state index contributed by atoms with van der Waals surface area (Å²) >= 11 is 0. The van der Waals surface area contributed by atoms with Crippen LogP contribution in [0.25, 0.3) is 0 Å². The maximum Gasteiger partial charge on any atom is 0.394 e. The Kier molecular flexibility index (Phi) is 5.69. The Morgan fingerprint density at radius 1 is 0.862 bits per heavy atom. The first-order valence-electron chi connectivity index (χ1n) is 8.73. The molecule has 0 saturated heterocycles. The van der Waals surface area contributed by atoms with Crippen molar-refractivity contribution < 1.29 is 29.3 Å². The minimum Gasteiger partial charge on any atom is -0.504 e. The molecule has 0 saturated carbocycles. The standard InChI is InChI=1S/C22H19NO6/c1-13-10-15(23-21(25)22(26)27)11-14(2)20(13)29-17-8-9-18(24)19(12-17)28-16-6-4-3-5-7-16/h3-12,24H,1-2H3,(H,23,25)(H,26,27). The van der Waals surface area contributed by atoms with E-state index in [0.717, 1.165) is 0 Å². The van der Waals surface area contributed by atoms with E-state index in [-0.39, 0.29) is 11.5 Å². The van der Waals surface area contributed by atoms with Gasteiger partial charge in [0.25, 0.3) is 0 Å². The number of carbonyl (C=O) groups excluding carboxylic acids is 1. The maximum atomic E-state index is 11.4. The van der Waals surface area contributed by atoms with E-state index in [1.54, 1.807) is 50.2 Å². The zero-order valence-corrected chi connectivity index (χ0v) is 15.8. The maximum absolute atomic E-state index is 11.4. The van der Waals surface area contributed by atoms with Crippen molar-refractivity contribution in [2.45, 2.75) is 13.8 Å². The van der Waals surface area contributed by atoms with Crippen LogP contribution in [0.1, 0.15) is 11.1 Å². The van der Waals surface area contributed by atoms with Crippen LogP contribution in [0.2, 0.25) is 0 Å². The van der Waals surface area contributed by atoms with Gasteiger partial charge in [0.15, 0.2) is 11.5 Å². The van der Waals surface area contributed by atoms with Crippen LogP contribution < -0.4 is 14.8 Å². The van der Waals surface area contributed by atoms with E-state index in [4.69, 9.17) is 14.6 Å². The van der Waals surface area contributed by atoms with Crippen LogP contribution in [0.3, 0.4) is 0 Å². The summed E-state index contributed by atoms with van der Waals surface area (Å²) in [6.07, 6.45) is 0. The van der Waals surface area contributed by atoms with Crippen molar-refractivity contribution in [2.75, 3.05) is 5.32 Å². The van der Waals surface area contributed by atoms with Crippen LogP contribution in [0.15, 0.2) is 60.7 Å². The van der Waals surface area contributed by atoms with E-state index in [2.05, 4.69) is 5.32 Å². The number of aryl methyl sites for hydroxylation is 2. The van der Waals surface area contributed by atoms with Gasteiger partial charge >= 0.3 is 11.9 Å². The van der Waals surface area contributed by atoms with E-state index in [9.17, 15) is 14.7 Å². The van der Waals surface area contributed by atoms with Crippen molar-refractivity contribution in [3.63, 3.8) is 0 Å². The molecule has 3 aromatic rings. The van der Waals surface area contributed by atoms with Crippen molar-refractivity contribution in [1.82, 2.24) is 0 Å². The number of carbonyl (C=O) groups is 2. The first-order chi connectivity index (χ1) is 13.8. The minimum atomic E-state index is -1.56. The van der Waals surface area contributed by atoms with Gasteiger partial charge in [0, 0.05) is 11.8 Å². The number of nitrogens with one attached hydrogen (secondary N) is 1. The summed E-state index contributed by atoms with van der Waals surface area (Å²) in [6, 6.07) is 16.9. The van der Waals surface area contributed by atoms with Gasteiger partial charge < -0.3 is 25.0 Å². The van der Waals surface area contributed by atoms with Crippen LogP contribution in [0, 0.1) is 13.8 Å². The first-order valence-corrected chi connectivity index (χ1v) is 8.73. The number of rotatable bonds is 5. The third-order valence-corrected chi connectivity index (χ3v) is 4.03. The summed E-state index contributed by atoms with van der Waals surface area (Å²) in [5.41, 5.74) is 1.76. The Hall–Kier alpha value is -4.00. The van der Waals surface area contributed by atoms with Crippen LogP contribution in [0.5, 0.6) is 28.7 Å². The van der Waals surface area contributed by atoms with Crippen molar-refractivity contribution in [1.29, 1.82) is 0 Å². The molecule has 0 bridgehead atoms. The largest absolute Gasteiger partial charge is 0.504 e. The molecule has 0 atom stereocenters. The van der Waals surface area contributed by atoms with E-state index in [1.165, 1.54) is 6.07 Å². The zero-order chi connectivity index (χ0) is 21.0. The number of ether oxygens (including phenoxy) is 2. The number of aromatic hydroxyl groups is 1. The summed E-state index contributed by atoms with van der Waals surface area (Å²) in [6.45, 7) is 3.56. The Labute approximate surface area is 167 Å². The molecule has 0 fully saturated rings. The second-order valence-electron chi connectivity index (χ2n) is 6.35. The van der Waals surface area contributed by atoms with Gasteiger partial charge in [-0.15, -0.1) is 0 Å². The number of hydrogen-bond donors (Lipinski definition) is 3. The molecule has 0 aliphatic rings. The SMILES string of the molecule is Cc1cc(NC(=O)C(=O)O)cc(C)c1Oc1ccc(O)c(Oc2ccccc2)c1. The fourth-order valence-electron chi connectivity index (χ4n) is 2.74. The van der Waals surface area contributed by atoms with Crippen LogP contribution in [-0.2, 0) is 9.59 Å². The number of carboxylic acids is 1. The molecule has 3 rings (SSSR count). The average molecular weight is 393 g/mol. The van der Waals surface area contributed by atoms with Crippen LogP contribution in [-0.4, -0.2) is 22.1 Å². The van der Waals surface area contributed by atoms with Gasteiger partial charge in [-0.25, -0.2) is 4.79 Å². The molecule has 1 amide bonds. The molecule has 0 aliphatic carbocycles. The van der Waals surface area contributed by atoms with E-state index in [1.807, 2.05) is 18.2 Å². The normalized spacial score (nSPS) is 10.3. The zero-order valence-electron chi connectivity index (χ0n) is 15.8. The number of phenolic OH excluding ortho intramolecular Hbond substituents is 1. The molecule has 29 heavy (non-hydrogen) atoms. The quantitative estimate of drug-likeness (QED) is 0.547. The molecule has 0 heterocycles. The molecule has 0 spiro atoms. The predicted molar refractivity (Wildman–Crippen MR) is 107 cm³/mol. The molecule has 0 aliphatic heterocycles. The lowest BCUT2D eigenvalue weighted by Gasteiger charge is -2.15. The summed E-state index contributed by atoms with van der Waals surface area (Å²) in [7, 11) is 0. The Bertz CT molecular complexity index is 1040. The van der Waals surface area contributed by atoms with E-state index >= 15 is 0 Å². The number of benzene rings is 3. The lowest BCUT2D eigenvalue weighted by atomic mass is 10.1. The molecule has 0 unspecified atom stereocenters. The minimum absolute atomic E-state index is 0.0265. The highest BCUT2D eigenvalue weighted by Crippen LogP contribution is 2.37. The van der Waals surface area contributed by atoms with Crippen LogP contribution >= 0.6 is 0 Å². The number of amides is 1. The second-order valence-corrected chi connectivity index (χ2v) is 6.35. The highest BCUT2D eigenvalue weighted by molar-refractivity contribution is 6.36. The number of aliphatic carboxylic acids is 1. The fraction of sp³-hybridized carbons (Fsp3) is 0.0909. The molecular weight excluding hydrogens is 374 g/mol. The van der Waals surface area contributed by atoms with Gasteiger partial charge in [-0.2, -0.15) is 0 Å². The van der Waals surface area contributed by atoms with Crippen LogP contribution in [0.4, 0.5) is 5.69 Å². The lowest BCUT2D eigenvalue weighted by Crippen LogP contribution is -2.21. The van der Waals surface area contributed by atoms with E-state index in [0.29, 0.717) is 34.1 Å². The Morgan fingerprint density at radius 2 is 1.52 bits per heavy atom. The average Bonchev–Trinajstić information content (AvgIpc) is 2.68. The highest BCUT2D eigenvalue weighted by atomic mass is 16.5. The monoisotopic (exact) mass is 393 g/mol. The summed E-state index contributed by atoms with van der Waals surface area (Å²) < 4.78 is 11.7. The predicted octanol–water partition coefficient (Wildman–Crippen LogP) is 4.62. The van der Waals surface area contributed by atoms with Gasteiger partial charge in [-0.05, 0) is 61.4 Å². The third-order valence-electron chi connectivity index (χ3n) is 4.03. The molecule has 3 N–H and O–H groups in total. The highest BCUT2D eigenvalue weighted by Gasteiger charge is 2.15. The van der Waals surface area contributed by atoms with E-state index < -0.39 is 11.9 Å². The van der Waals surface area contributed by atoms with Gasteiger partial charge in [-0.3, -0.25) is 4.79 Å². The number of hydrogen-bond acceptors (Lipinski definition) is 5. The van der Waals surface area contributed by atoms with Crippen molar-refractivity contribution in [3.8, 4) is 28.7 Å². The molecule has 3 aromatic carbocycles.